The molecule has 2 N–H and O–H groups in total. The van der Waals surface area contributed by atoms with Crippen LogP contribution in [0.2, 0.25) is 0 Å². The number of carbonyl (C=O) groups excluding carboxylic acids is 1. The number of carbonyl (C=O) groups is 1. The summed E-state index contributed by atoms with van der Waals surface area (Å²) in [6, 6.07) is 17.1. The number of hydrogen-bond donors (Lipinski definition) is 2. The summed E-state index contributed by atoms with van der Waals surface area (Å²) in [5.74, 6) is 0.932. The highest BCUT2D eigenvalue weighted by molar-refractivity contribution is 5.93. The molecule has 0 radical (unpaired) electrons. The Bertz CT molecular complexity index is 866. The van der Waals surface area contributed by atoms with Crippen molar-refractivity contribution in [3.8, 4) is 5.75 Å². The molecule has 26 heavy (non-hydrogen) atoms. The van der Waals surface area contributed by atoms with Crippen LogP contribution in [-0.4, -0.2) is 23.0 Å². The number of aromatic nitrogens is 2. The van der Waals surface area contributed by atoms with Gasteiger partial charge in [-0.2, -0.15) is 0 Å². The zero-order chi connectivity index (χ0) is 18.4. The molecule has 3 aromatic rings. The molecule has 0 saturated heterocycles. The van der Waals surface area contributed by atoms with Gasteiger partial charge in [-0.15, -0.1) is 0 Å². The largest absolute Gasteiger partial charge is 0.497 e. The smallest absolute Gasteiger partial charge is 0.254 e. The highest BCUT2D eigenvalue weighted by Crippen LogP contribution is 2.19. The number of amides is 1. The number of ether oxygens (including phenoxy) is 1. The van der Waals surface area contributed by atoms with Crippen LogP contribution in [0.15, 0.2) is 67.0 Å². The zero-order valence-corrected chi connectivity index (χ0v) is 14.6. The van der Waals surface area contributed by atoms with Crippen molar-refractivity contribution in [3.05, 3.63) is 78.1 Å². The second-order valence-electron chi connectivity index (χ2n) is 5.76. The van der Waals surface area contributed by atoms with Crippen LogP contribution in [-0.2, 0) is 0 Å². The van der Waals surface area contributed by atoms with E-state index in [4.69, 9.17) is 4.74 Å². The third kappa shape index (κ3) is 4.36. The lowest BCUT2D eigenvalue weighted by Gasteiger charge is -2.14. The lowest BCUT2D eigenvalue weighted by molar-refractivity contribution is 0.0939. The van der Waals surface area contributed by atoms with Crippen molar-refractivity contribution in [2.45, 2.75) is 13.0 Å². The number of anilines is 2. The SMILES string of the molecule is COc1cccc(Nc2ncc(C(=O)NC(C)c3ccccc3)cn2)c1. The summed E-state index contributed by atoms with van der Waals surface area (Å²) in [5.41, 5.74) is 2.25. The number of methoxy groups -OCH3 is 1. The van der Waals surface area contributed by atoms with E-state index in [2.05, 4.69) is 20.6 Å². The number of nitrogens with one attached hydrogen (secondary N) is 2. The predicted octanol–water partition coefficient (Wildman–Crippen LogP) is 3.72. The molecule has 1 amide bonds. The van der Waals surface area contributed by atoms with Crippen LogP contribution in [0.5, 0.6) is 5.75 Å². The monoisotopic (exact) mass is 348 g/mol. The van der Waals surface area contributed by atoms with E-state index >= 15 is 0 Å². The fourth-order valence-electron chi connectivity index (χ4n) is 2.44. The summed E-state index contributed by atoms with van der Waals surface area (Å²) >= 11 is 0. The molecule has 0 aliphatic carbocycles. The van der Waals surface area contributed by atoms with Gasteiger partial charge in [0.1, 0.15) is 5.75 Å². The van der Waals surface area contributed by atoms with Crippen molar-refractivity contribution in [1.82, 2.24) is 15.3 Å². The number of hydrogen-bond acceptors (Lipinski definition) is 5. The van der Waals surface area contributed by atoms with Crippen LogP contribution in [0.4, 0.5) is 11.6 Å². The van der Waals surface area contributed by atoms with Crippen LogP contribution < -0.4 is 15.4 Å². The van der Waals surface area contributed by atoms with Crippen LogP contribution >= 0.6 is 0 Å². The average Bonchev–Trinajstić information content (AvgIpc) is 2.69. The summed E-state index contributed by atoms with van der Waals surface area (Å²) in [6.45, 7) is 1.94. The zero-order valence-electron chi connectivity index (χ0n) is 14.6. The van der Waals surface area contributed by atoms with Gasteiger partial charge in [0.05, 0.1) is 18.7 Å². The maximum absolute atomic E-state index is 12.4. The normalized spacial score (nSPS) is 11.5. The van der Waals surface area contributed by atoms with Crippen molar-refractivity contribution in [1.29, 1.82) is 0 Å². The number of nitrogens with zero attached hydrogens (tertiary/aromatic N) is 2. The molecule has 1 atom stereocenters. The minimum atomic E-state index is -0.214. The van der Waals surface area contributed by atoms with E-state index in [-0.39, 0.29) is 11.9 Å². The van der Waals surface area contributed by atoms with E-state index in [1.165, 1.54) is 12.4 Å². The third-order valence-corrected chi connectivity index (χ3v) is 3.89. The fraction of sp³-hybridized carbons (Fsp3) is 0.150. The van der Waals surface area contributed by atoms with Crippen LogP contribution in [0.25, 0.3) is 0 Å². The molecular weight excluding hydrogens is 328 g/mol. The molecule has 1 unspecified atom stereocenters. The minimum Gasteiger partial charge on any atom is -0.497 e. The molecule has 0 aliphatic rings. The molecule has 132 valence electrons. The van der Waals surface area contributed by atoms with Gasteiger partial charge in [-0.25, -0.2) is 9.97 Å². The second-order valence-corrected chi connectivity index (χ2v) is 5.76. The van der Waals surface area contributed by atoms with Gasteiger partial charge in [0.2, 0.25) is 5.95 Å². The first-order chi connectivity index (χ1) is 12.7. The van der Waals surface area contributed by atoms with Crippen LogP contribution in [0.1, 0.15) is 28.9 Å². The van der Waals surface area contributed by atoms with Gasteiger partial charge in [0.15, 0.2) is 0 Å². The quantitative estimate of drug-likeness (QED) is 0.710. The van der Waals surface area contributed by atoms with Crippen molar-refractivity contribution in [2.24, 2.45) is 0 Å². The summed E-state index contributed by atoms with van der Waals surface area (Å²) < 4.78 is 5.18. The molecule has 0 spiro atoms. The molecular formula is C20H20N4O2. The molecule has 3 rings (SSSR count). The third-order valence-electron chi connectivity index (χ3n) is 3.89. The molecule has 0 saturated carbocycles. The molecule has 2 aromatic carbocycles. The Hall–Kier alpha value is -3.41. The van der Waals surface area contributed by atoms with Gasteiger partial charge in [-0.05, 0) is 24.6 Å². The van der Waals surface area contributed by atoms with E-state index < -0.39 is 0 Å². The molecule has 6 nitrogen and oxygen atoms in total. The summed E-state index contributed by atoms with van der Waals surface area (Å²) in [4.78, 5) is 20.8. The van der Waals surface area contributed by atoms with Gasteiger partial charge in [0, 0.05) is 24.1 Å². The Morgan fingerprint density at radius 3 is 2.46 bits per heavy atom. The first-order valence-electron chi connectivity index (χ1n) is 8.24. The highest BCUT2D eigenvalue weighted by Gasteiger charge is 2.12. The maximum Gasteiger partial charge on any atom is 0.254 e. The summed E-state index contributed by atoms with van der Waals surface area (Å²) in [5, 5.41) is 6.02. The predicted molar refractivity (Wildman–Crippen MR) is 101 cm³/mol. The summed E-state index contributed by atoms with van der Waals surface area (Å²) in [6.07, 6.45) is 3.01. The van der Waals surface area contributed by atoms with Crippen molar-refractivity contribution < 1.29 is 9.53 Å². The van der Waals surface area contributed by atoms with Gasteiger partial charge < -0.3 is 15.4 Å². The van der Waals surface area contributed by atoms with Gasteiger partial charge >= 0.3 is 0 Å². The van der Waals surface area contributed by atoms with E-state index in [1.807, 2.05) is 61.5 Å². The molecule has 0 aliphatic heterocycles. The molecule has 1 heterocycles. The molecule has 6 heteroatoms. The van der Waals surface area contributed by atoms with Gasteiger partial charge in [-0.3, -0.25) is 4.79 Å². The summed E-state index contributed by atoms with van der Waals surface area (Å²) in [7, 11) is 1.61. The fourth-order valence-corrected chi connectivity index (χ4v) is 2.44. The van der Waals surface area contributed by atoms with Crippen molar-refractivity contribution in [2.75, 3.05) is 12.4 Å². The highest BCUT2D eigenvalue weighted by atomic mass is 16.5. The Morgan fingerprint density at radius 2 is 1.77 bits per heavy atom. The number of rotatable bonds is 6. The van der Waals surface area contributed by atoms with E-state index in [0.717, 1.165) is 17.0 Å². The average molecular weight is 348 g/mol. The van der Waals surface area contributed by atoms with Crippen LogP contribution in [0.3, 0.4) is 0 Å². The van der Waals surface area contributed by atoms with E-state index in [9.17, 15) is 4.79 Å². The Balaban J connectivity index is 1.64. The standard InChI is InChI=1S/C20H20N4O2/c1-14(15-7-4-3-5-8-15)23-19(25)16-12-21-20(22-13-16)24-17-9-6-10-18(11-17)26-2/h3-14H,1-2H3,(H,23,25)(H,21,22,24). The van der Waals surface area contributed by atoms with Gasteiger partial charge in [0.25, 0.3) is 5.91 Å². The van der Waals surface area contributed by atoms with E-state index in [1.54, 1.807) is 7.11 Å². The lowest BCUT2D eigenvalue weighted by Crippen LogP contribution is -2.26. The first kappa shape index (κ1) is 17.4. The maximum atomic E-state index is 12.4. The topological polar surface area (TPSA) is 76.1 Å². The number of benzene rings is 2. The molecule has 0 fully saturated rings. The molecule has 1 aromatic heterocycles. The Kier molecular flexibility index (Phi) is 5.43. The second kappa shape index (κ2) is 8.11. The van der Waals surface area contributed by atoms with Gasteiger partial charge in [-0.1, -0.05) is 36.4 Å². The van der Waals surface area contributed by atoms with Crippen LogP contribution in [0, 0.1) is 0 Å². The minimum absolute atomic E-state index is 0.0988. The van der Waals surface area contributed by atoms with E-state index in [0.29, 0.717) is 11.5 Å². The molecule has 0 bridgehead atoms. The van der Waals surface area contributed by atoms with Crippen molar-refractivity contribution >= 4 is 17.5 Å². The Morgan fingerprint density at radius 1 is 1.04 bits per heavy atom. The van der Waals surface area contributed by atoms with Crippen molar-refractivity contribution in [3.63, 3.8) is 0 Å². The first-order valence-corrected chi connectivity index (χ1v) is 8.24. The lowest BCUT2D eigenvalue weighted by atomic mass is 10.1. The Labute approximate surface area is 152 Å².